The largest absolute Gasteiger partial charge is 0.394 e. The average Bonchev–Trinajstić information content (AvgIpc) is 1.63. The molecule has 0 radical (unpaired) electrons. The molecule has 4 amide bonds. The molecule has 8 aromatic heterocycles. The minimum atomic E-state index is -2.81. The molecule has 32 nitrogen and oxygen atoms in total. The second-order valence-electron chi connectivity index (χ2n) is 35.2. The Balaban J connectivity index is 0.000000131. The fraction of sp³-hybridized carbons (Fsp3) is 0.441. The predicted molar refractivity (Wildman–Crippen MR) is 480 cm³/mol. The third-order valence-corrected chi connectivity index (χ3v) is 25.5. The molecule has 1 atom stereocenters. The van der Waals surface area contributed by atoms with Crippen LogP contribution in [0.3, 0.4) is 0 Å². The summed E-state index contributed by atoms with van der Waals surface area (Å²) in [5.41, 5.74) is 8.92. The van der Waals surface area contributed by atoms with E-state index < -0.39 is 48.1 Å². The number of aliphatic hydroxyl groups excluding tert-OH is 1. The van der Waals surface area contributed by atoms with Crippen LogP contribution in [0.1, 0.15) is 173 Å². The Kier molecular flexibility index (Phi) is 28.2. The molecule has 716 valence electrons. The number of aliphatic hydroxyl groups is 1. The standard InChI is InChI=1S/2C24H27F3N6O2.C23H25F3N6O2.C22H27FN6O2/c1-14(34)32-6-3-22-19(13-32)24(30-33(22)16-4-7-35-8-5-16)29-21-10-18(23(26)27)17(9-20(21)25)15-11-28-31(2)12-15;1-14(34)32-8-5-21-18(13-32)24(30-33(21)16-6-9-35-10-7-16)28-20-4-3-15(11-19(20)25)17-12-31(2)29-22(17)23(26)27;1-13(33)31-5-3-21-18(11-31)23(29-32(21)15-4-6-34-12-15)28-20-8-17(22(25)26)16(7-19(20)24)14-9-27-30(2)10-14;1-14(31)28-8-7-20-17(12-28)21(26-29(20)22(2,3)13-30)25-19-6-5-15(9-18(19)23)16-10-24-27(4)11-16/h9-12,16,23H,3-8,13H2,1-2H3,(H,29,30);3-4,11-12,16,23H,5-10,13H2,1-2H3,(H,28,30);7-10,15,22H,3-6,11-12H2,1-2H3,(H,28,29);5-6,9-11,30H,7-8,12-13H2,1-4H3,(H,25,26). The van der Waals surface area contributed by atoms with Crippen molar-refractivity contribution in [2.24, 2.45) is 28.2 Å². The molecule has 7 aliphatic heterocycles. The number of ether oxygens (including phenoxy) is 3. The Morgan fingerprint density at radius 2 is 0.763 bits per heavy atom. The number of rotatable bonds is 20. The van der Waals surface area contributed by atoms with Crippen LogP contribution in [0.2, 0.25) is 0 Å². The molecule has 3 saturated heterocycles. The zero-order valence-corrected chi connectivity index (χ0v) is 76.3. The lowest BCUT2D eigenvalue weighted by molar-refractivity contribution is -0.130. The van der Waals surface area contributed by atoms with Crippen molar-refractivity contribution < 1.29 is 82.4 Å². The zero-order chi connectivity index (χ0) is 95.7. The van der Waals surface area contributed by atoms with Gasteiger partial charge in [-0.15, -0.1) is 0 Å². The van der Waals surface area contributed by atoms with Crippen molar-refractivity contribution in [1.29, 1.82) is 0 Å². The van der Waals surface area contributed by atoms with Gasteiger partial charge in [0.05, 0.1) is 104 Å². The maximum absolute atomic E-state index is 15.2. The van der Waals surface area contributed by atoms with Gasteiger partial charge in [0.15, 0.2) is 23.3 Å². The lowest BCUT2D eigenvalue weighted by Crippen LogP contribution is -2.38. The molecule has 0 saturated carbocycles. The van der Waals surface area contributed by atoms with Gasteiger partial charge in [-0.3, -0.25) is 56.6 Å². The van der Waals surface area contributed by atoms with Crippen LogP contribution in [0.15, 0.2) is 104 Å². The van der Waals surface area contributed by atoms with E-state index in [1.807, 2.05) is 47.2 Å². The number of halogens is 10. The number of aromatic nitrogens is 16. The van der Waals surface area contributed by atoms with Crippen LogP contribution in [0, 0.1) is 23.3 Å². The minimum absolute atomic E-state index is 0.0160. The highest BCUT2D eigenvalue weighted by molar-refractivity contribution is 5.80. The fourth-order valence-corrected chi connectivity index (χ4v) is 18.2. The van der Waals surface area contributed by atoms with E-state index in [2.05, 4.69) is 51.9 Å². The molecule has 5 N–H and O–H groups in total. The van der Waals surface area contributed by atoms with Crippen LogP contribution in [0.4, 0.5) is 89.9 Å². The molecular formula is C93H106F10N24O8. The van der Waals surface area contributed by atoms with Crippen molar-refractivity contribution >= 4 is 69.6 Å². The summed E-state index contributed by atoms with van der Waals surface area (Å²) in [7, 11) is 6.69. The maximum atomic E-state index is 15.2. The first-order chi connectivity index (χ1) is 64.6. The van der Waals surface area contributed by atoms with Gasteiger partial charge >= 0.3 is 0 Å². The van der Waals surface area contributed by atoms with Crippen LogP contribution in [-0.2, 0) is 119 Å². The van der Waals surface area contributed by atoms with Crippen LogP contribution in [0.5, 0.6) is 0 Å². The van der Waals surface area contributed by atoms with Crippen LogP contribution < -0.4 is 21.3 Å². The smallest absolute Gasteiger partial charge is 0.282 e. The molecule has 0 spiro atoms. The number of nitrogens with one attached hydrogen (secondary N) is 4. The fourth-order valence-electron chi connectivity index (χ4n) is 18.2. The average molecular weight is 1880 g/mol. The van der Waals surface area contributed by atoms with E-state index in [1.54, 1.807) is 80.8 Å². The van der Waals surface area contributed by atoms with E-state index in [0.717, 1.165) is 113 Å². The Morgan fingerprint density at radius 1 is 0.407 bits per heavy atom. The number of carbonyl (C=O) groups excluding carboxylic acids is 4. The van der Waals surface area contributed by atoms with Gasteiger partial charge in [0, 0.05) is 244 Å². The number of hydrogen-bond acceptors (Lipinski definition) is 20. The SMILES string of the molecule is CC(=O)N1CCc2c(c(Nc3cc(C(F)F)c(-c4cnn(C)c4)cc3F)nn2C2CCOC2)C1.CC(=O)N1CCc2c(c(Nc3cc(C(F)F)c(-c4cnn(C)c4)cc3F)nn2C2CCOCC2)C1.CC(=O)N1CCc2c(c(Nc3ccc(-c4cn(C)nc4C(F)F)cc3F)nn2C2CCOCC2)C1.CC(=O)N1CCc2c(c(Nc3ccc(-c4cnn(C)c4)cc3F)nn2C(C)(C)CO)C1. The number of carbonyl (C=O) groups is 4. The van der Waals surface area contributed by atoms with E-state index in [0.29, 0.717) is 163 Å². The third-order valence-electron chi connectivity index (χ3n) is 25.5. The van der Waals surface area contributed by atoms with E-state index in [1.165, 1.54) is 78.5 Å². The second kappa shape index (κ2) is 40.1. The van der Waals surface area contributed by atoms with Gasteiger partial charge in [-0.05, 0) is 117 Å². The first-order valence-electron chi connectivity index (χ1n) is 44.6. The van der Waals surface area contributed by atoms with Gasteiger partial charge in [-0.1, -0.05) is 12.1 Å². The van der Waals surface area contributed by atoms with Crippen molar-refractivity contribution in [3.8, 4) is 44.5 Å². The van der Waals surface area contributed by atoms with Gasteiger partial charge in [0.2, 0.25) is 23.6 Å². The number of fused-ring (bicyclic) bond motifs is 4. The van der Waals surface area contributed by atoms with Gasteiger partial charge in [0.1, 0.15) is 29.0 Å². The summed E-state index contributed by atoms with van der Waals surface area (Å²) in [5, 5.41) is 56.8. The minimum Gasteiger partial charge on any atom is -0.394 e. The number of hydrogen-bond donors (Lipinski definition) is 5. The van der Waals surface area contributed by atoms with Gasteiger partial charge in [0.25, 0.3) is 19.3 Å². The summed E-state index contributed by atoms with van der Waals surface area (Å²) < 4.78 is 173. The van der Waals surface area contributed by atoms with Crippen LogP contribution in [0.25, 0.3) is 44.5 Å². The number of amides is 4. The number of benzene rings is 4. The highest BCUT2D eigenvalue weighted by Crippen LogP contribution is 2.44. The topological polar surface area (TPSA) is 320 Å². The Hall–Kier alpha value is -13.2. The third kappa shape index (κ3) is 20.6. The highest BCUT2D eigenvalue weighted by atomic mass is 19.3. The summed E-state index contributed by atoms with van der Waals surface area (Å²) in [6.07, 6.45) is 9.13. The molecule has 12 aromatic rings. The molecule has 19 rings (SSSR count). The first-order valence-corrected chi connectivity index (χ1v) is 44.6. The Morgan fingerprint density at radius 3 is 1.13 bits per heavy atom. The predicted octanol–water partition coefficient (Wildman–Crippen LogP) is 15.5. The molecule has 135 heavy (non-hydrogen) atoms. The normalized spacial score (nSPS) is 16.3. The van der Waals surface area contributed by atoms with Crippen molar-refractivity contribution in [2.45, 2.75) is 168 Å². The molecule has 3 fully saturated rings. The van der Waals surface area contributed by atoms with Gasteiger partial charge < -0.3 is 60.2 Å². The number of aryl methyl sites for hydroxylation is 4. The summed E-state index contributed by atoms with van der Waals surface area (Å²) in [6.45, 7) is 17.3. The number of anilines is 8. The lowest BCUT2D eigenvalue weighted by atomic mass is 10.0. The summed E-state index contributed by atoms with van der Waals surface area (Å²) in [4.78, 5) is 54.9. The molecule has 0 aliphatic carbocycles. The van der Waals surface area contributed by atoms with Gasteiger partial charge in [-0.25, -0.2) is 43.9 Å². The quantitative estimate of drug-likeness (QED) is 0.0443. The summed E-state index contributed by atoms with van der Waals surface area (Å²) in [6, 6.07) is 14.1. The molecule has 0 bridgehead atoms. The number of nitrogens with zero attached hydrogens (tertiary/aromatic N) is 20. The Labute approximate surface area is 770 Å². The molecular weight excluding hydrogens is 1770 g/mol. The molecule has 4 aromatic carbocycles. The lowest BCUT2D eigenvalue weighted by Gasteiger charge is -2.30. The first kappa shape index (κ1) is 95.0. The van der Waals surface area contributed by atoms with Crippen LogP contribution in [-0.4, -0.2) is 199 Å². The molecule has 7 aliphatic rings. The van der Waals surface area contributed by atoms with E-state index in [4.69, 9.17) is 24.4 Å². The number of alkyl halides is 6. The van der Waals surface area contributed by atoms with Crippen molar-refractivity contribution in [1.82, 2.24) is 97.8 Å². The summed E-state index contributed by atoms with van der Waals surface area (Å²) in [5.74, 6) is -0.809. The van der Waals surface area contributed by atoms with E-state index in [-0.39, 0.29) is 98.9 Å². The van der Waals surface area contributed by atoms with Crippen molar-refractivity contribution in [3.05, 3.63) is 189 Å². The second-order valence-corrected chi connectivity index (χ2v) is 35.2. The molecule has 1 unspecified atom stereocenters. The summed E-state index contributed by atoms with van der Waals surface area (Å²) >= 11 is 0. The maximum Gasteiger partial charge on any atom is 0.282 e. The van der Waals surface area contributed by atoms with Crippen molar-refractivity contribution in [3.63, 3.8) is 0 Å². The monoisotopic (exact) mass is 1880 g/mol. The Bertz CT molecular complexity index is 6370. The van der Waals surface area contributed by atoms with E-state index in [9.17, 15) is 55.0 Å². The molecule has 15 heterocycles. The zero-order valence-electron chi connectivity index (χ0n) is 76.3. The molecule has 42 heteroatoms. The van der Waals surface area contributed by atoms with Crippen molar-refractivity contribution in [2.75, 3.05) is 93.7 Å². The van der Waals surface area contributed by atoms with E-state index >= 15 is 13.2 Å². The highest BCUT2D eigenvalue weighted by Gasteiger charge is 2.38. The van der Waals surface area contributed by atoms with Crippen LogP contribution >= 0.6 is 0 Å². The van der Waals surface area contributed by atoms with Gasteiger partial charge in [-0.2, -0.15) is 40.8 Å².